The molecular weight excluding hydrogens is 316 g/mol. The molecule has 13 heavy (non-hydrogen) atoms. The highest BCUT2D eigenvalue weighted by Gasteiger charge is 2.08. The van der Waals surface area contributed by atoms with Gasteiger partial charge in [0.05, 0.1) is 16.0 Å². The lowest BCUT2D eigenvalue weighted by atomic mass is 10.3. The summed E-state index contributed by atoms with van der Waals surface area (Å²) in [7, 11) is 0. The molecule has 0 aromatic carbocycles. The third-order valence-electron chi connectivity index (χ3n) is 1.47. The summed E-state index contributed by atoms with van der Waals surface area (Å²) < 4.78 is 2.02. The van der Waals surface area contributed by atoms with Gasteiger partial charge in [-0.05, 0) is 22.9 Å². The van der Waals surface area contributed by atoms with Crippen LogP contribution in [0.1, 0.15) is 18.0 Å². The van der Waals surface area contributed by atoms with E-state index in [2.05, 4.69) is 55.7 Å². The fourth-order valence-electron chi connectivity index (χ4n) is 0.818. The van der Waals surface area contributed by atoms with Gasteiger partial charge in [0, 0.05) is 11.0 Å². The van der Waals surface area contributed by atoms with Crippen LogP contribution >= 0.6 is 43.2 Å². The van der Waals surface area contributed by atoms with Gasteiger partial charge in [-0.25, -0.2) is 4.98 Å². The number of thiazole rings is 1. The van der Waals surface area contributed by atoms with Gasteiger partial charge in [-0.3, -0.25) is 0 Å². The second-order valence-corrected chi connectivity index (χ2v) is 6.19. The van der Waals surface area contributed by atoms with Crippen molar-refractivity contribution in [1.29, 1.82) is 0 Å². The summed E-state index contributed by atoms with van der Waals surface area (Å²) in [5, 5.41) is 4.38. The van der Waals surface area contributed by atoms with Crippen LogP contribution in [-0.2, 0) is 0 Å². The Morgan fingerprint density at radius 1 is 1.85 bits per heavy atom. The van der Waals surface area contributed by atoms with E-state index in [0.717, 1.165) is 19.8 Å². The van der Waals surface area contributed by atoms with Crippen LogP contribution in [-0.4, -0.2) is 11.5 Å². The van der Waals surface area contributed by atoms with Crippen molar-refractivity contribution >= 4 is 43.2 Å². The molecule has 5 heteroatoms. The van der Waals surface area contributed by atoms with Crippen LogP contribution in [0.2, 0.25) is 0 Å². The van der Waals surface area contributed by atoms with Crippen LogP contribution in [0.15, 0.2) is 21.0 Å². The van der Waals surface area contributed by atoms with Crippen molar-refractivity contribution < 1.29 is 0 Å². The Kier molecular flexibility index (Phi) is 4.58. The van der Waals surface area contributed by atoms with E-state index in [9.17, 15) is 0 Å². The molecule has 0 aliphatic heterocycles. The fourth-order valence-corrected chi connectivity index (χ4v) is 2.25. The Morgan fingerprint density at radius 2 is 2.54 bits per heavy atom. The lowest BCUT2D eigenvalue weighted by Gasteiger charge is -2.09. The molecule has 1 atom stereocenters. The molecule has 0 saturated carbocycles. The molecule has 0 bridgehead atoms. The molecule has 2 nitrogen and oxygen atoms in total. The highest BCUT2D eigenvalue weighted by molar-refractivity contribution is 9.11. The Labute approximate surface area is 98.7 Å². The first kappa shape index (κ1) is 11.4. The molecule has 0 amide bonds. The van der Waals surface area contributed by atoms with E-state index in [0.29, 0.717) is 0 Å². The van der Waals surface area contributed by atoms with E-state index >= 15 is 0 Å². The average Bonchev–Trinajstić information content (AvgIpc) is 2.47. The summed E-state index contributed by atoms with van der Waals surface area (Å²) in [4.78, 5) is 4.26. The molecule has 0 saturated heterocycles. The summed E-state index contributed by atoms with van der Waals surface area (Å²) in [6, 6.07) is 0.269. The maximum absolute atomic E-state index is 4.26. The number of halogens is 2. The zero-order chi connectivity index (χ0) is 9.84. The molecule has 1 aromatic rings. The van der Waals surface area contributed by atoms with Gasteiger partial charge in [-0.2, -0.15) is 0 Å². The molecule has 72 valence electrons. The van der Waals surface area contributed by atoms with Crippen molar-refractivity contribution in [3.63, 3.8) is 0 Å². The predicted octanol–water partition coefficient (Wildman–Crippen LogP) is 3.46. The summed E-state index contributed by atoms with van der Waals surface area (Å²) in [5.41, 5.74) is 0. The van der Waals surface area contributed by atoms with Gasteiger partial charge in [0.2, 0.25) is 0 Å². The van der Waals surface area contributed by atoms with Gasteiger partial charge >= 0.3 is 0 Å². The van der Waals surface area contributed by atoms with Crippen LogP contribution in [0.4, 0.5) is 0 Å². The standard InChI is InChI=1S/C8H10Br2N2S/c1-5(9)3-11-6(2)8-12-4-7(10)13-8/h4,6,11H,1,3H2,2H3. The molecule has 1 N–H and O–H groups in total. The fraction of sp³-hybridized carbons (Fsp3) is 0.375. The molecule has 1 unspecified atom stereocenters. The molecular formula is C8H10Br2N2S. The second-order valence-electron chi connectivity index (χ2n) is 2.62. The number of hydrogen-bond acceptors (Lipinski definition) is 3. The normalized spacial score (nSPS) is 12.8. The lowest BCUT2D eigenvalue weighted by molar-refractivity contribution is 0.612. The van der Waals surface area contributed by atoms with E-state index in [1.54, 1.807) is 11.3 Å². The molecule has 0 aliphatic rings. The Balaban J connectivity index is 2.48. The summed E-state index contributed by atoms with van der Waals surface area (Å²) in [5.74, 6) is 0. The number of rotatable bonds is 4. The van der Waals surface area contributed by atoms with Crippen molar-refractivity contribution in [2.45, 2.75) is 13.0 Å². The van der Waals surface area contributed by atoms with Crippen LogP contribution in [0.25, 0.3) is 0 Å². The average molecular weight is 326 g/mol. The minimum Gasteiger partial charge on any atom is -0.304 e. The van der Waals surface area contributed by atoms with Crippen molar-refractivity contribution in [3.8, 4) is 0 Å². The number of aromatic nitrogens is 1. The molecule has 1 rings (SSSR count). The second kappa shape index (κ2) is 5.24. The topological polar surface area (TPSA) is 24.9 Å². The largest absolute Gasteiger partial charge is 0.304 e. The summed E-state index contributed by atoms with van der Waals surface area (Å²) in [6.45, 7) is 6.60. The minimum atomic E-state index is 0.269. The Hall–Kier alpha value is 0.290. The molecule has 0 aliphatic carbocycles. The van der Waals surface area contributed by atoms with Crippen molar-refractivity contribution in [2.75, 3.05) is 6.54 Å². The van der Waals surface area contributed by atoms with Gasteiger partial charge in [-0.15, -0.1) is 11.3 Å². The third-order valence-corrected chi connectivity index (χ3v) is 3.41. The molecule has 1 heterocycles. The molecule has 0 radical (unpaired) electrons. The van der Waals surface area contributed by atoms with E-state index in [1.165, 1.54) is 0 Å². The first-order chi connectivity index (χ1) is 6.09. The van der Waals surface area contributed by atoms with Crippen LogP contribution in [0.5, 0.6) is 0 Å². The van der Waals surface area contributed by atoms with Gasteiger partial charge in [0.25, 0.3) is 0 Å². The predicted molar refractivity (Wildman–Crippen MR) is 64.3 cm³/mol. The van der Waals surface area contributed by atoms with Crippen LogP contribution < -0.4 is 5.32 Å². The SMILES string of the molecule is C=C(Br)CNC(C)c1ncc(Br)s1. The first-order valence-electron chi connectivity index (χ1n) is 3.77. The van der Waals surface area contributed by atoms with Crippen LogP contribution in [0, 0.1) is 0 Å². The lowest BCUT2D eigenvalue weighted by Crippen LogP contribution is -2.19. The number of nitrogens with zero attached hydrogens (tertiary/aromatic N) is 1. The monoisotopic (exact) mass is 324 g/mol. The smallest absolute Gasteiger partial charge is 0.110 e. The highest BCUT2D eigenvalue weighted by atomic mass is 79.9. The molecule has 0 spiro atoms. The Morgan fingerprint density at radius 3 is 3.00 bits per heavy atom. The van der Waals surface area contributed by atoms with Crippen molar-refractivity contribution in [2.24, 2.45) is 0 Å². The van der Waals surface area contributed by atoms with Crippen LogP contribution in [0.3, 0.4) is 0 Å². The zero-order valence-corrected chi connectivity index (χ0v) is 11.2. The quantitative estimate of drug-likeness (QED) is 0.917. The Bertz CT molecular complexity index is 298. The van der Waals surface area contributed by atoms with E-state index < -0.39 is 0 Å². The van der Waals surface area contributed by atoms with Gasteiger partial charge in [-0.1, -0.05) is 22.5 Å². The number of hydrogen-bond donors (Lipinski definition) is 1. The van der Waals surface area contributed by atoms with E-state index in [1.807, 2.05) is 6.20 Å². The van der Waals surface area contributed by atoms with E-state index in [-0.39, 0.29) is 6.04 Å². The molecule has 0 fully saturated rings. The highest BCUT2D eigenvalue weighted by Crippen LogP contribution is 2.24. The van der Waals surface area contributed by atoms with E-state index in [4.69, 9.17) is 0 Å². The maximum atomic E-state index is 4.26. The third kappa shape index (κ3) is 3.89. The van der Waals surface area contributed by atoms with Gasteiger partial charge < -0.3 is 5.32 Å². The van der Waals surface area contributed by atoms with Crippen molar-refractivity contribution in [3.05, 3.63) is 26.1 Å². The van der Waals surface area contributed by atoms with Gasteiger partial charge in [0.1, 0.15) is 5.01 Å². The zero-order valence-electron chi connectivity index (χ0n) is 7.18. The maximum Gasteiger partial charge on any atom is 0.110 e. The minimum absolute atomic E-state index is 0.269. The first-order valence-corrected chi connectivity index (χ1v) is 6.17. The number of nitrogens with one attached hydrogen (secondary N) is 1. The summed E-state index contributed by atoms with van der Waals surface area (Å²) >= 11 is 8.32. The molecule has 1 aromatic heterocycles. The summed E-state index contributed by atoms with van der Waals surface area (Å²) in [6.07, 6.45) is 1.82. The van der Waals surface area contributed by atoms with Gasteiger partial charge in [0.15, 0.2) is 0 Å². The van der Waals surface area contributed by atoms with Crippen molar-refractivity contribution in [1.82, 2.24) is 10.3 Å².